The molecule has 3 N–H and O–H groups in total. The van der Waals surface area contributed by atoms with Crippen LogP contribution in [0.3, 0.4) is 0 Å². The van der Waals surface area contributed by atoms with Crippen LogP contribution in [0.1, 0.15) is 88.5 Å². The van der Waals surface area contributed by atoms with Crippen LogP contribution in [0.4, 0.5) is 0 Å². The van der Waals surface area contributed by atoms with E-state index in [-0.39, 0.29) is 24.3 Å². The highest BCUT2D eigenvalue weighted by molar-refractivity contribution is 6.09. The Hall–Kier alpha value is -5.05. The monoisotopic (exact) mass is 576 g/mol. The number of carboxylic acids is 1. The van der Waals surface area contributed by atoms with Gasteiger partial charge in [-0.25, -0.2) is 9.78 Å². The van der Waals surface area contributed by atoms with Gasteiger partial charge >= 0.3 is 17.9 Å². The number of carbonyl (C=O) groups is 3. The summed E-state index contributed by atoms with van der Waals surface area (Å²) in [5.41, 5.74) is 11.7. The molecule has 8 bridgehead atoms. The number of hydrogen-bond donors (Lipinski definition) is 3. The summed E-state index contributed by atoms with van der Waals surface area (Å²) in [6, 6.07) is 5.91. The van der Waals surface area contributed by atoms with E-state index in [0.717, 1.165) is 51.1 Å². The van der Waals surface area contributed by atoms with Crippen molar-refractivity contribution < 1.29 is 24.2 Å². The Balaban J connectivity index is 1.85. The molecule has 6 rings (SSSR count). The van der Waals surface area contributed by atoms with E-state index >= 15 is 0 Å². The van der Waals surface area contributed by atoms with Crippen molar-refractivity contribution >= 4 is 56.7 Å². The number of nitrogens with zero attached hydrogens (tertiary/aromatic N) is 2. The molecule has 3 aromatic heterocycles. The van der Waals surface area contributed by atoms with Crippen molar-refractivity contribution in [1.82, 2.24) is 19.9 Å². The lowest BCUT2D eigenvalue weighted by Gasteiger charge is -2.08. The molecule has 43 heavy (non-hydrogen) atoms. The number of nitrogens with one attached hydrogen (secondary N) is 2. The topological polar surface area (TPSA) is 138 Å². The minimum absolute atomic E-state index is 0.208. The summed E-state index contributed by atoms with van der Waals surface area (Å²) in [4.78, 5) is 54.6. The SMILES string of the molecule is C=CC1=C(C)c2cc3nc(c4c5[nH]c(cc6[nH]c(cc1n2)c(C)c6CC)c(C)c5C(=O)OC(=O)C4)/C(=C\CC(=O)O)C3C. The minimum atomic E-state index is -0.986. The number of aryl methyl sites for hydroxylation is 3. The van der Waals surface area contributed by atoms with Gasteiger partial charge in [-0.3, -0.25) is 14.6 Å². The maximum atomic E-state index is 13.2. The lowest BCUT2D eigenvalue weighted by Crippen LogP contribution is -2.12. The van der Waals surface area contributed by atoms with Gasteiger partial charge in [-0.1, -0.05) is 32.6 Å². The van der Waals surface area contributed by atoms with Crippen molar-refractivity contribution in [2.24, 2.45) is 0 Å². The van der Waals surface area contributed by atoms with Crippen LogP contribution in [0, 0.1) is 13.8 Å². The number of ether oxygens (including phenoxy) is 1. The van der Waals surface area contributed by atoms with Crippen molar-refractivity contribution in [3.8, 4) is 0 Å². The average molecular weight is 577 g/mol. The maximum absolute atomic E-state index is 13.2. The Morgan fingerprint density at radius 3 is 2.51 bits per heavy atom. The minimum Gasteiger partial charge on any atom is -0.481 e. The fraction of sp³-hybridized carbons (Fsp3) is 0.265. The van der Waals surface area contributed by atoms with Crippen LogP contribution < -0.4 is 0 Å². The van der Waals surface area contributed by atoms with E-state index in [1.807, 2.05) is 39.0 Å². The van der Waals surface area contributed by atoms with Crippen molar-refractivity contribution in [3.05, 3.63) is 87.5 Å². The molecule has 0 spiro atoms. The number of carbonyl (C=O) groups excluding carboxylic acids is 2. The fourth-order valence-corrected chi connectivity index (χ4v) is 6.32. The summed E-state index contributed by atoms with van der Waals surface area (Å²) in [5, 5.41) is 9.51. The summed E-state index contributed by atoms with van der Waals surface area (Å²) in [5.74, 6) is -2.71. The lowest BCUT2D eigenvalue weighted by atomic mass is 9.93. The van der Waals surface area contributed by atoms with Crippen molar-refractivity contribution in [3.63, 3.8) is 0 Å². The maximum Gasteiger partial charge on any atom is 0.348 e. The van der Waals surface area contributed by atoms with E-state index in [2.05, 4.69) is 30.4 Å². The van der Waals surface area contributed by atoms with Gasteiger partial charge in [-0.15, -0.1) is 0 Å². The van der Waals surface area contributed by atoms with Gasteiger partial charge in [0, 0.05) is 33.6 Å². The summed E-state index contributed by atoms with van der Waals surface area (Å²) in [6.45, 7) is 14.0. The number of hydrogen-bond acceptors (Lipinski definition) is 6. The van der Waals surface area contributed by atoms with Crippen LogP contribution in [-0.4, -0.2) is 43.0 Å². The van der Waals surface area contributed by atoms with E-state index in [4.69, 9.17) is 14.7 Å². The normalized spacial score (nSPS) is 17.3. The third-order valence-electron chi connectivity index (χ3n) is 8.70. The zero-order chi connectivity index (χ0) is 30.7. The van der Waals surface area contributed by atoms with E-state index in [1.54, 1.807) is 12.2 Å². The van der Waals surface area contributed by atoms with Crippen LogP contribution in [0.25, 0.3) is 38.8 Å². The van der Waals surface area contributed by atoms with E-state index in [9.17, 15) is 19.5 Å². The first-order chi connectivity index (χ1) is 20.5. The number of aromatic nitrogens is 4. The smallest absolute Gasteiger partial charge is 0.348 e. The molecule has 3 aliphatic heterocycles. The van der Waals surface area contributed by atoms with Crippen molar-refractivity contribution in [2.75, 3.05) is 0 Å². The molecule has 3 aromatic rings. The molecular formula is C34H32N4O5. The summed E-state index contributed by atoms with van der Waals surface area (Å²) in [6.07, 6.45) is 3.78. The van der Waals surface area contributed by atoms with E-state index < -0.39 is 17.9 Å². The van der Waals surface area contributed by atoms with Gasteiger partial charge in [0.25, 0.3) is 0 Å². The molecule has 0 saturated heterocycles. The van der Waals surface area contributed by atoms with Gasteiger partial charge in [0.2, 0.25) is 0 Å². The third kappa shape index (κ3) is 4.52. The molecule has 0 aliphatic carbocycles. The Kier molecular flexibility index (Phi) is 6.76. The van der Waals surface area contributed by atoms with Gasteiger partial charge in [0.15, 0.2) is 0 Å². The highest BCUT2D eigenvalue weighted by Crippen LogP contribution is 2.41. The van der Waals surface area contributed by atoms with E-state index in [1.165, 1.54) is 0 Å². The Bertz CT molecular complexity index is 2020. The lowest BCUT2D eigenvalue weighted by molar-refractivity contribution is -0.137. The summed E-state index contributed by atoms with van der Waals surface area (Å²) >= 11 is 0. The average Bonchev–Trinajstić information content (AvgIpc) is 3.61. The Labute approximate surface area is 248 Å². The zero-order valence-electron chi connectivity index (χ0n) is 24.8. The number of rotatable bonds is 4. The molecule has 1 unspecified atom stereocenters. The molecule has 3 aliphatic rings. The fourth-order valence-electron chi connectivity index (χ4n) is 6.32. The Morgan fingerprint density at radius 2 is 1.81 bits per heavy atom. The molecular weight excluding hydrogens is 544 g/mol. The first-order valence-electron chi connectivity index (χ1n) is 14.3. The zero-order valence-corrected chi connectivity index (χ0v) is 24.8. The predicted molar refractivity (Wildman–Crippen MR) is 165 cm³/mol. The molecule has 218 valence electrons. The first-order valence-corrected chi connectivity index (χ1v) is 14.3. The number of aliphatic carboxylic acids is 1. The second-order valence-electron chi connectivity index (χ2n) is 11.2. The number of fused-ring (bicyclic) bond motifs is 8. The van der Waals surface area contributed by atoms with Gasteiger partial charge in [-0.05, 0) is 73.2 Å². The number of aromatic amines is 2. The second kappa shape index (κ2) is 10.3. The standard InChI is InChI=1S/C34H32N4O5/c1-7-19-15(3)23-12-25-17(5)21(9-10-29(39)40)32(37-25)22-11-30(41)43-34(42)31-18(6)26(38-33(22)31)14-28-20(8-2)16(4)24(36-28)13-27(19)35-23/h7,9,12-14,17,36,38H,1,8,10-11H2,2-6H3,(H,39,40)/b21-9-,23-12?,24-13?,25-12?,26-14?,27-13?,28-14?,32-22?. The molecule has 0 amide bonds. The van der Waals surface area contributed by atoms with Gasteiger partial charge < -0.3 is 19.8 Å². The third-order valence-corrected chi connectivity index (χ3v) is 8.70. The molecule has 1 atom stereocenters. The van der Waals surface area contributed by atoms with Crippen LogP contribution >= 0.6 is 0 Å². The molecule has 6 heterocycles. The van der Waals surface area contributed by atoms with Crippen LogP contribution in [0.2, 0.25) is 0 Å². The molecule has 9 nitrogen and oxygen atoms in total. The highest BCUT2D eigenvalue weighted by Gasteiger charge is 2.32. The van der Waals surface area contributed by atoms with E-state index in [0.29, 0.717) is 39.1 Å². The highest BCUT2D eigenvalue weighted by atomic mass is 16.6. The summed E-state index contributed by atoms with van der Waals surface area (Å²) < 4.78 is 5.21. The Morgan fingerprint density at radius 1 is 1.07 bits per heavy atom. The second-order valence-corrected chi connectivity index (χ2v) is 11.2. The van der Waals surface area contributed by atoms with Gasteiger partial charge in [-0.2, -0.15) is 0 Å². The van der Waals surface area contributed by atoms with Gasteiger partial charge in [0.1, 0.15) is 0 Å². The predicted octanol–water partition coefficient (Wildman–Crippen LogP) is 6.51. The van der Waals surface area contributed by atoms with Crippen molar-refractivity contribution in [2.45, 2.75) is 59.8 Å². The summed E-state index contributed by atoms with van der Waals surface area (Å²) in [7, 11) is 0. The number of H-pyrrole nitrogens is 2. The van der Waals surface area contributed by atoms with Crippen molar-refractivity contribution in [1.29, 1.82) is 0 Å². The van der Waals surface area contributed by atoms with Crippen LogP contribution in [-0.2, 0) is 27.2 Å². The molecule has 9 heteroatoms. The van der Waals surface area contributed by atoms with Gasteiger partial charge in [0.05, 0.1) is 46.7 Å². The van der Waals surface area contributed by atoms with Crippen LogP contribution in [0.15, 0.2) is 36.9 Å². The number of cyclic esters (lactones) is 2. The molecule has 0 fully saturated rings. The first kappa shape index (κ1) is 28.1. The van der Waals surface area contributed by atoms with Crippen LogP contribution in [0.5, 0.6) is 0 Å². The number of esters is 2. The quantitative estimate of drug-likeness (QED) is 0.238. The molecule has 0 aromatic carbocycles. The molecule has 0 radical (unpaired) electrons. The molecule has 0 saturated carbocycles. The number of carboxylic acid groups (broad SMARTS) is 1. The largest absolute Gasteiger partial charge is 0.481 e. The number of allylic oxidation sites excluding steroid dienone is 4.